The molecule has 0 unspecified atom stereocenters. The molecule has 7 heavy (non-hydrogen) atoms. The van der Waals surface area contributed by atoms with Gasteiger partial charge in [0.25, 0.3) is 0 Å². The average Bonchev–Trinajstić information content (AvgIpc) is 1.87. The first kappa shape index (κ1) is 4.77. The zero-order valence-corrected chi connectivity index (χ0v) is 4.90. The third kappa shape index (κ3) is 0.991. The van der Waals surface area contributed by atoms with Crippen LogP contribution in [0.2, 0.25) is 0 Å². The van der Waals surface area contributed by atoms with Gasteiger partial charge in [-0.1, -0.05) is 0 Å². The van der Waals surface area contributed by atoms with Crippen LogP contribution in [0, 0.1) is 0 Å². The number of hydrazone groups is 1. The highest BCUT2D eigenvalue weighted by Gasteiger charge is 2.05. The average molecular weight is 117 g/mol. The molecule has 3 nitrogen and oxygen atoms in total. The molecule has 0 aliphatic carbocycles. The van der Waals surface area contributed by atoms with E-state index in [1.54, 1.807) is 16.4 Å². The standard InChI is InChI=1S/C3H7N3S/c1-6-5-3(4)2-7-6/h2H2,1H3,(H2,4,5). The van der Waals surface area contributed by atoms with Gasteiger partial charge in [0.1, 0.15) is 5.84 Å². The Morgan fingerprint density at radius 2 is 2.71 bits per heavy atom. The molecule has 0 radical (unpaired) electrons. The topological polar surface area (TPSA) is 41.6 Å². The van der Waals surface area contributed by atoms with Crippen molar-refractivity contribution >= 4 is 17.8 Å². The van der Waals surface area contributed by atoms with Gasteiger partial charge in [0, 0.05) is 7.05 Å². The quantitative estimate of drug-likeness (QED) is 0.449. The summed E-state index contributed by atoms with van der Waals surface area (Å²) in [6, 6.07) is 0. The van der Waals surface area contributed by atoms with E-state index >= 15 is 0 Å². The Hall–Kier alpha value is -0.380. The van der Waals surface area contributed by atoms with Crippen molar-refractivity contribution in [2.24, 2.45) is 10.8 Å². The van der Waals surface area contributed by atoms with E-state index in [2.05, 4.69) is 5.10 Å². The SMILES string of the molecule is CN1N=C(N)CS1. The van der Waals surface area contributed by atoms with E-state index < -0.39 is 0 Å². The van der Waals surface area contributed by atoms with E-state index in [4.69, 9.17) is 5.73 Å². The molecule has 0 fully saturated rings. The van der Waals surface area contributed by atoms with Gasteiger partial charge in [0.05, 0.1) is 5.75 Å². The maximum Gasteiger partial charge on any atom is 0.132 e. The summed E-state index contributed by atoms with van der Waals surface area (Å²) in [6.07, 6.45) is 0. The first-order valence-corrected chi connectivity index (χ1v) is 2.93. The third-order valence-corrected chi connectivity index (χ3v) is 1.55. The normalized spacial score (nSPS) is 20.1. The molecule has 2 N–H and O–H groups in total. The fourth-order valence-corrected chi connectivity index (χ4v) is 0.938. The summed E-state index contributed by atoms with van der Waals surface area (Å²) < 4.78 is 1.76. The van der Waals surface area contributed by atoms with Crippen molar-refractivity contribution in [3.8, 4) is 0 Å². The summed E-state index contributed by atoms with van der Waals surface area (Å²) in [5, 5.41) is 3.88. The number of nitrogens with zero attached hydrogens (tertiary/aromatic N) is 2. The minimum atomic E-state index is 0.715. The Balaban J connectivity index is 2.50. The van der Waals surface area contributed by atoms with Crippen molar-refractivity contribution in [2.75, 3.05) is 12.8 Å². The number of hydrogen-bond acceptors (Lipinski definition) is 4. The van der Waals surface area contributed by atoms with E-state index in [1.807, 2.05) is 7.05 Å². The van der Waals surface area contributed by atoms with Crippen LogP contribution in [-0.4, -0.2) is 23.1 Å². The van der Waals surface area contributed by atoms with Crippen molar-refractivity contribution < 1.29 is 0 Å². The van der Waals surface area contributed by atoms with E-state index in [9.17, 15) is 0 Å². The zero-order chi connectivity index (χ0) is 5.28. The van der Waals surface area contributed by atoms with Crippen LogP contribution >= 0.6 is 11.9 Å². The van der Waals surface area contributed by atoms with Crippen molar-refractivity contribution in [3.63, 3.8) is 0 Å². The lowest BCUT2D eigenvalue weighted by Gasteiger charge is -1.97. The lowest BCUT2D eigenvalue weighted by molar-refractivity contribution is 0.626. The van der Waals surface area contributed by atoms with Gasteiger partial charge < -0.3 is 5.73 Å². The second-order valence-electron chi connectivity index (χ2n) is 1.33. The van der Waals surface area contributed by atoms with Crippen LogP contribution in [0.25, 0.3) is 0 Å². The second kappa shape index (κ2) is 1.61. The van der Waals surface area contributed by atoms with E-state index in [0.717, 1.165) is 5.75 Å². The van der Waals surface area contributed by atoms with Crippen LogP contribution in [0.1, 0.15) is 0 Å². The Labute approximate surface area is 46.7 Å². The smallest absolute Gasteiger partial charge is 0.132 e. The molecule has 0 aromatic carbocycles. The molecular formula is C3H7N3S. The zero-order valence-electron chi connectivity index (χ0n) is 4.09. The van der Waals surface area contributed by atoms with Crippen molar-refractivity contribution in [3.05, 3.63) is 0 Å². The van der Waals surface area contributed by atoms with Gasteiger partial charge in [-0.15, -0.1) is 0 Å². The summed E-state index contributed by atoms with van der Waals surface area (Å²) in [7, 11) is 1.88. The Kier molecular flexibility index (Phi) is 1.10. The van der Waals surface area contributed by atoms with Crippen LogP contribution in [-0.2, 0) is 0 Å². The molecule has 0 amide bonds. The van der Waals surface area contributed by atoms with Crippen LogP contribution in [0.15, 0.2) is 5.10 Å². The van der Waals surface area contributed by atoms with Gasteiger partial charge in [0.2, 0.25) is 0 Å². The van der Waals surface area contributed by atoms with Crippen molar-refractivity contribution in [2.45, 2.75) is 0 Å². The molecule has 0 aromatic rings. The first-order chi connectivity index (χ1) is 3.29. The highest BCUT2D eigenvalue weighted by atomic mass is 32.2. The molecule has 40 valence electrons. The van der Waals surface area contributed by atoms with Gasteiger partial charge in [-0.05, 0) is 11.9 Å². The minimum Gasteiger partial charge on any atom is -0.385 e. The van der Waals surface area contributed by atoms with Gasteiger partial charge in [-0.3, -0.25) is 0 Å². The second-order valence-corrected chi connectivity index (χ2v) is 2.40. The summed E-state index contributed by atoms with van der Waals surface area (Å²) in [6.45, 7) is 0. The predicted molar refractivity (Wildman–Crippen MR) is 31.8 cm³/mol. The Morgan fingerprint density at radius 1 is 2.00 bits per heavy atom. The summed E-state index contributed by atoms with van der Waals surface area (Å²) in [5.41, 5.74) is 5.31. The van der Waals surface area contributed by atoms with Crippen LogP contribution < -0.4 is 5.73 Å². The predicted octanol–water partition coefficient (Wildman–Crippen LogP) is -0.148. The highest BCUT2D eigenvalue weighted by Crippen LogP contribution is 2.12. The lowest BCUT2D eigenvalue weighted by atomic mass is 10.7. The molecule has 0 saturated heterocycles. The molecule has 1 heterocycles. The number of nitrogens with two attached hydrogens (primary N) is 1. The molecule has 0 bridgehead atoms. The largest absolute Gasteiger partial charge is 0.385 e. The van der Waals surface area contributed by atoms with E-state index in [-0.39, 0.29) is 0 Å². The Morgan fingerprint density at radius 3 is 2.86 bits per heavy atom. The number of hydrogen-bond donors (Lipinski definition) is 1. The molecule has 0 spiro atoms. The van der Waals surface area contributed by atoms with Crippen molar-refractivity contribution in [1.29, 1.82) is 0 Å². The summed E-state index contributed by atoms with van der Waals surface area (Å²) in [5.74, 6) is 1.56. The molecule has 1 aliphatic rings. The molecule has 1 aliphatic heterocycles. The maximum atomic E-state index is 5.31. The van der Waals surface area contributed by atoms with Crippen LogP contribution in [0.4, 0.5) is 0 Å². The molecule has 1 rings (SSSR count). The van der Waals surface area contributed by atoms with Gasteiger partial charge in [0.15, 0.2) is 0 Å². The van der Waals surface area contributed by atoms with Gasteiger partial charge in [-0.25, -0.2) is 4.41 Å². The molecular weight excluding hydrogens is 110 g/mol. The molecule has 0 aromatic heterocycles. The van der Waals surface area contributed by atoms with Gasteiger partial charge in [-0.2, -0.15) is 5.10 Å². The molecule has 4 heteroatoms. The van der Waals surface area contributed by atoms with Crippen molar-refractivity contribution in [1.82, 2.24) is 4.41 Å². The molecule has 0 atom stereocenters. The number of amidine groups is 1. The summed E-state index contributed by atoms with van der Waals surface area (Å²) >= 11 is 1.61. The molecule has 0 saturated carbocycles. The fourth-order valence-electron chi connectivity index (χ4n) is 0.398. The van der Waals surface area contributed by atoms with Crippen LogP contribution in [0.3, 0.4) is 0 Å². The monoisotopic (exact) mass is 117 g/mol. The highest BCUT2D eigenvalue weighted by molar-refractivity contribution is 7.97. The first-order valence-electron chi connectivity index (χ1n) is 1.98. The number of rotatable bonds is 0. The van der Waals surface area contributed by atoms with E-state index in [0.29, 0.717) is 5.84 Å². The Bertz CT molecular complexity index is 100. The van der Waals surface area contributed by atoms with Crippen LogP contribution in [0.5, 0.6) is 0 Å². The third-order valence-electron chi connectivity index (χ3n) is 0.669. The summed E-state index contributed by atoms with van der Waals surface area (Å²) in [4.78, 5) is 0. The maximum absolute atomic E-state index is 5.31. The fraction of sp³-hybridized carbons (Fsp3) is 0.667. The van der Waals surface area contributed by atoms with Gasteiger partial charge >= 0.3 is 0 Å². The van der Waals surface area contributed by atoms with E-state index in [1.165, 1.54) is 0 Å². The minimum absolute atomic E-state index is 0.715. The lowest BCUT2D eigenvalue weighted by Crippen LogP contribution is -2.09.